The van der Waals surface area contributed by atoms with Gasteiger partial charge in [0.2, 0.25) is 10.0 Å². The third-order valence-corrected chi connectivity index (χ3v) is 7.92. The summed E-state index contributed by atoms with van der Waals surface area (Å²) in [7, 11) is -3.56. The molecule has 1 amide bonds. The Balaban J connectivity index is 1.52. The van der Waals surface area contributed by atoms with Crippen LogP contribution in [0.25, 0.3) is 0 Å². The molecular weight excluding hydrogens is 404 g/mol. The first-order valence-electron chi connectivity index (χ1n) is 10.8. The molecule has 1 atom stereocenters. The second-order valence-electron chi connectivity index (χ2n) is 8.31. The molecule has 0 radical (unpaired) electrons. The molecule has 2 saturated heterocycles. The molecule has 0 aliphatic carbocycles. The van der Waals surface area contributed by atoms with Crippen LogP contribution < -0.4 is 0 Å². The van der Waals surface area contributed by atoms with Gasteiger partial charge in [0.25, 0.3) is 5.91 Å². The van der Waals surface area contributed by atoms with Crippen LogP contribution >= 0.6 is 0 Å². The number of ether oxygens (including phenoxy) is 1. The molecule has 1 aromatic carbocycles. The van der Waals surface area contributed by atoms with E-state index in [0.717, 1.165) is 44.3 Å². The fourth-order valence-electron chi connectivity index (χ4n) is 4.06. The van der Waals surface area contributed by atoms with Gasteiger partial charge >= 0.3 is 5.97 Å². The molecule has 0 N–H and O–H groups in total. The zero-order valence-corrected chi connectivity index (χ0v) is 18.7. The number of hydrogen-bond acceptors (Lipinski definition) is 5. The van der Waals surface area contributed by atoms with Gasteiger partial charge in [0.05, 0.1) is 10.8 Å². The summed E-state index contributed by atoms with van der Waals surface area (Å²) in [5, 5.41) is 0. The fraction of sp³-hybridized carbons (Fsp3) is 0.636. The summed E-state index contributed by atoms with van der Waals surface area (Å²) >= 11 is 0. The number of rotatable bonds is 5. The maximum absolute atomic E-state index is 12.8. The summed E-state index contributed by atoms with van der Waals surface area (Å²) in [4.78, 5) is 27.2. The van der Waals surface area contributed by atoms with Crippen molar-refractivity contribution in [3.8, 4) is 0 Å². The first-order chi connectivity index (χ1) is 14.3. The van der Waals surface area contributed by atoms with Gasteiger partial charge in [-0.25, -0.2) is 8.42 Å². The summed E-state index contributed by atoms with van der Waals surface area (Å²) in [6, 6.07) is 6.78. The molecule has 0 aromatic heterocycles. The maximum atomic E-state index is 12.8. The number of carbonyl (C=O) groups is 2. The van der Waals surface area contributed by atoms with Crippen molar-refractivity contribution in [3.05, 3.63) is 29.8 Å². The quantitative estimate of drug-likeness (QED) is 0.663. The topological polar surface area (TPSA) is 84.0 Å². The third kappa shape index (κ3) is 5.40. The van der Waals surface area contributed by atoms with Crippen molar-refractivity contribution in [2.45, 2.75) is 63.4 Å². The maximum Gasteiger partial charge on any atom is 0.309 e. The van der Waals surface area contributed by atoms with E-state index in [-0.39, 0.29) is 29.8 Å². The highest BCUT2D eigenvalue weighted by molar-refractivity contribution is 7.89. The second kappa shape index (κ2) is 9.92. The number of carbonyl (C=O) groups excluding carboxylic acids is 2. The Hall–Kier alpha value is -1.93. The van der Waals surface area contributed by atoms with Crippen LogP contribution in [0.3, 0.4) is 0 Å². The number of piperidine rings is 1. The zero-order valence-electron chi connectivity index (χ0n) is 17.9. The highest BCUT2D eigenvalue weighted by Gasteiger charge is 2.34. The number of nitrogens with zero attached hydrogens (tertiary/aromatic N) is 2. The first kappa shape index (κ1) is 22.7. The van der Waals surface area contributed by atoms with Crippen LogP contribution in [0.4, 0.5) is 0 Å². The molecule has 0 spiro atoms. The molecule has 2 heterocycles. The summed E-state index contributed by atoms with van der Waals surface area (Å²) in [5.74, 6) is -0.920. The van der Waals surface area contributed by atoms with Crippen molar-refractivity contribution >= 4 is 21.9 Å². The van der Waals surface area contributed by atoms with Crippen molar-refractivity contribution < 1.29 is 22.7 Å². The van der Waals surface area contributed by atoms with Crippen molar-refractivity contribution in [3.63, 3.8) is 0 Å². The Morgan fingerprint density at radius 1 is 0.967 bits per heavy atom. The Bertz CT molecular complexity index is 837. The van der Waals surface area contributed by atoms with Gasteiger partial charge in [0.15, 0.2) is 6.10 Å². The molecular formula is C22H32N2O5S. The van der Waals surface area contributed by atoms with Gasteiger partial charge in [-0.3, -0.25) is 9.59 Å². The first-order valence-corrected chi connectivity index (χ1v) is 12.3. The van der Waals surface area contributed by atoms with E-state index in [4.69, 9.17) is 4.74 Å². The van der Waals surface area contributed by atoms with E-state index >= 15 is 0 Å². The standard InChI is InChI=1S/C22H32N2O5S/c1-17-7-9-20(10-8-17)30(27,28)24-15-11-19(12-16-24)22(26)29-18(2)21(25)23-13-5-3-4-6-14-23/h7-10,18-19H,3-6,11-16H2,1-2H3/t18-/m1/s1. The second-order valence-corrected chi connectivity index (χ2v) is 10.2. The number of benzene rings is 1. The van der Waals surface area contributed by atoms with Crippen molar-refractivity contribution in [2.75, 3.05) is 26.2 Å². The third-order valence-electron chi connectivity index (χ3n) is 6.00. The highest BCUT2D eigenvalue weighted by atomic mass is 32.2. The lowest BCUT2D eigenvalue weighted by Crippen LogP contribution is -2.43. The molecule has 1 aromatic rings. The Morgan fingerprint density at radius 3 is 2.10 bits per heavy atom. The number of sulfonamides is 1. The Morgan fingerprint density at radius 2 is 1.53 bits per heavy atom. The van der Waals surface area contributed by atoms with E-state index in [1.54, 1.807) is 36.1 Å². The average molecular weight is 437 g/mol. The van der Waals surface area contributed by atoms with Crippen LogP contribution in [-0.2, 0) is 24.3 Å². The molecule has 2 aliphatic rings. The van der Waals surface area contributed by atoms with E-state index < -0.39 is 22.1 Å². The van der Waals surface area contributed by atoms with Gasteiger partial charge < -0.3 is 9.64 Å². The number of likely N-dealkylation sites (tertiary alicyclic amines) is 1. The molecule has 166 valence electrons. The van der Waals surface area contributed by atoms with Gasteiger partial charge in [-0.2, -0.15) is 4.31 Å². The zero-order chi connectivity index (χ0) is 21.7. The monoisotopic (exact) mass is 436 g/mol. The molecule has 7 nitrogen and oxygen atoms in total. The van der Waals surface area contributed by atoms with Gasteiger partial charge in [-0.1, -0.05) is 30.5 Å². The van der Waals surface area contributed by atoms with E-state index in [1.807, 2.05) is 6.92 Å². The van der Waals surface area contributed by atoms with E-state index in [1.165, 1.54) is 4.31 Å². The van der Waals surface area contributed by atoms with Crippen LogP contribution in [0.1, 0.15) is 51.0 Å². The number of amides is 1. The van der Waals surface area contributed by atoms with Crippen LogP contribution in [0.2, 0.25) is 0 Å². The van der Waals surface area contributed by atoms with Crippen molar-refractivity contribution in [2.24, 2.45) is 5.92 Å². The molecule has 0 saturated carbocycles. The Labute approximate surface area is 179 Å². The van der Waals surface area contributed by atoms with Crippen molar-refractivity contribution in [1.82, 2.24) is 9.21 Å². The average Bonchev–Trinajstić information content (AvgIpc) is 3.03. The summed E-state index contributed by atoms with van der Waals surface area (Å²) in [6.07, 6.45) is 4.22. The SMILES string of the molecule is Cc1ccc(S(=O)(=O)N2CCC(C(=O)O[C@H](C)C(=O)N3CCCCCC3)CC2)cc1. The predicted molar refractivity (Wildman–Crippen MR) is 113 cm³/mol. The lowest BCUT2D eigenvalue weighted by molar-refractivity contribution is -0.163. The van der Waals surface area contributed by atoms with Gasteiger partial charge in [0, 0.05) is 26.2 Å². The number of aryl methyl sites for hydroxylation is 1. The van der Waals surface area contributed by atoms with Crippen LogP contribution in [0.5, 0.6) is 0 Å². The Kier molecular flexibility index (Phi) is 7.52. The van der Waals surface area contributed by atoms with Crippen LogP contribution in [0.15, 0.2) is 29.2 Å². The van der Waals surface area contributed by atoms with Gasteiger partial charge in [-0.15, -0.1) is 0 Å². The van der Waals surface area contributed by atoms with E-state index in [0.29, 0.717) is 12.8 Å². The predicted octanol–water partition coefficient (Wildman–Crippen LogP) is 2.73. The van der Waals surface area contributed by atoms with Gasteiger partial charge in [0.1, 0.15) is 0 Å². The number of hydrogen-bond donors (Lipinski definition) is 0. The molecule has 2 aliphatic heterocycles. The molecule has 2 fully saturated rings. The van der Waals surface area contributed by atoms with Gasteiger partial charge in [-0.05, 0) is 51.7 Å². The number of esters is 1. The van der Waals surface area contributed by atoms with Crippen LogP contribution in [0, 0.1) is 12.8 Å². The minimum atomic E-state index is -3.56. The summed E-state index contributed by atoms with van der Waals surface area (Å²) < 4.78 is 32.5. The summed E-state index contributed by atoms with van der Waals surface area (Å²) in [6.45, 7) is 5.51. The van der Waals surface area contributed by atoms with E-state index in [2.05, 4.69) is 0 Å². The largest absolute Gasteiger partial charge is 0.452 e. The molecule has 8 heteroatoms. The molecule has 3 rings (SSSR count). The smallest absolute Gasteiger partial charge is 0.309 e. The van der Waals surface area contributed by atoms with Crippen LogP contribution in [-0.4, -0.2) is 61.8 Å². The van der Waals surface area contributed by atoms with Crippen molar-refractivity contribution in [1.29, 1.82) is 0 Å². The minimum absolute atomic E-state index is 0.135. The molecule has 0 bridgehead atoms. The summed E-state index contributed by atoms with van der Waals surface area (Å²) in [5.41, 5.74) is 0.999. The molecule has 0 unspecified atom stereocenters. The lowest BCUT2D eigenvalue weighted by atomic mass is 9.98. The highest BCUT2D eigenvalue weighted by Crippen LogP contribution is 2.25. The molecule has 30 heavy (non-hydrogen) atoms. The van der Waals surface area contributed by atoms with E-state index in [9.17, 15) is 18.0 Å². The minimum Gasteiger partial charge on any atom is -0.452 e. The lowest BCUT2D eigenvalue weighted by Gasteiger charge is -2.31. The normalized spacial score (nSPS) is 20.4. The fourth-order valence-corrected chi connectivity index (χ4v) is 5.53.